The van der Waals surface area contributed by atoms with Gasteiger partial charge in [-0.2, -0.15) is 0 Å². The third-order valence-electron chi connectivity index (χ3n) is 4.18. The summed E-state index contributed by atoms with van der Waals surface area (Å²) >= 11 is 1.74. The molecule has 0 saturated carbocycles. The van der Waals surface area contributed by atoms with Gasteiger partial charge in [-0.15, -0.1) is 11.3 Å². The Kier molecular flexibility index (Phi) is 7.82. The Hall–Kier alpha value is -1.90. The fraction of sp³-hybridized carbons (Fsp3) is 0.421. The van der Waals surface area contributed by atoms with Gasteiger partial charge in [-0.3, -0.25) is 4.99 Å². The molecule has 1 aromatic carbocycles. The molecule has 0 aliphatic heterocycles. The molecule has 1 aromatic heterocycles. The zero-order chi connectivity index (χ0) is 19.9. The second-order valence-electron chi connectivity index (χ2n) is 6.39. The molecule has 0 spiro atoms. The minimum absolute atomic E-state index is 0.285. The first-order valence-corrected chi connectivity index (χ1v) is 11.2. The topological polar surface area (TPSA) is 73.8 Å². The van der Waals surface area contributed by atoms with Crippen molar-refractivity contribution < 1.29 is 8.42 Å². The lowest BCUT2D eigenvalue weighted by Gasteiger charge is -2.22. The molecule has 0 saturated heterocycles. The average Bonchev–Trinajstić information content (AvgIpc) is 3.15. The molecule has 0 aliphatic rings. The maximum Gasteiger partial charge on any atom is 0.240 e. The number of guanidine groups is 1. The van der Waals surface area contributed by atoms with Crippen LogP contribution in [-0.4, -0.2) is 53.0 Å². The summed E-state index contributed by atoms with van der Waals surface area (Å²) in [7, 11) is 0.182. The highest BCUT2D eigenvalue weighted by atomic mass is 32.2. The Morgan fingerprint density at radius 2 is 2.00 bits per heavy atom. The van der Waals surface area contributed by atoms with E-state index in [1.165, 1.54) is 4.88 Å². The number of rotatable bonds is 8. The molecular formula is C19H28N4O2S2. The summed E-state index contributed by atoms with van der Waals surface area (Å²) < 4.78 is 27.7. The van der Waals surface area contributed by atoms with Gasteiger partial charge < -0.3 is 10.2 Å². The van der Waals surface area contributed by atoms with Crippen LogP contribution in [0, 0.1) is 13.8 Å². The number of benzene rings is 1. The number of aliphatic imine (C=N–C) groups is 1. The highest BCUT2D eigenvalue weighted by Gasteiger charge is 2.16. The monoisotopic (exact) mass is 408 g/mol. The van der Waals surface area contributed by atoms with Crippen molar-refractivity contribution in [2.75, 3.05) is 33.7 Å². The van der Waals surface area contributed by atoms with Gasteiger partial charge in [0.15, 0.2) is 5.96 Å². The number of hydrogen-bond donors (Lipinski definition) is 2. The lowest BCUT2D eigenvalue weighted by atomic mass is 10.2. The van der Waals surface area contributed by atoms with E-state index in [0.29, 0.717) is 11.4 Å². The maximum atomic E-state index is 12.5. The molecule has 0 bridgehead atoms. The highest BCUT2D eigenvalue weighted by Crippen LogP contribution is 2.16. The maximum absolute atomic E-state index is 12.5. The first-order valence-electron chi connectivity index (χ1n) is 8.84. The van der Waals surface area contributed by atoms with E-state index < -0.39 is 10.0 Å². The molecule has 0 aliphatic carbocycles. The van der Waals surface area contributed by atoms with Crippen molar-refractivity contribution in [3.05, 3.63) is 51.7 Å². The number of aryl methyl sites for hydroxylation is 2. The van der Waals surface area contributed by atoms with Crippen LogP contribution in [0.15, 0.2) is 45.6 Å². The van der Waals surface area contributed by atoms with E-state index in [9.17, 15) is 8.42 Å². The van der Waals surface area contributed by atoms with E-state index in [0.717, 1.165) is 30.1 Å². The van der Waals surface area contributed by atoms with E-state index in [2.05, 4.69) is 32.5 Å². The number of likely N-dealkylation sites (N-methyl/N-ethyl adjacent to an activating group) is 1. The number of nitrogens with one attached hydrogen (secondary N) is 2. The normalized spacial score (nSPS) is 12.2. The molecule has 2 N–H and O–H groups in total. The SMILES string of the molecule is CN=C(NCCNS(=O)(=O)c1cc(C)ccc1C)N(C)CCc1cccs1. The lowest BCUT2D eigenvalue weighted by Crippen LogP contribution is -2.43. The molecule has 0 amide bonds. The number of hydrogen-bond acceptors (Lipinski definition) is 4. The first kappa shape index (κ1) is 21.4. The van der Waals surface area contributed by atoms with Gasteiger partial charge in [0.1, 0.15) is 0 Å². The van der Waals surface area contributed by atoms with Crippen molar-refractivity contribution in [1.82, 2.24) is 14.9 Å². The highest BCUT2D eigenvalue weighted by molar-refractivity contribution is 7.89. The van der Waals surface area contributed by atoms with Crippen LogP contribution in [0.25, 0.3) is 0 Å². The first-order chi connectivity index (χ1) is 12.8. The van der Waals surface area contributed by atoms with Crippen molar-refractivity contribution in [2.24, 2.45) is 4.99 Å². The van der Waals surface area contributed by atoms with Gasteiger partial charge in [-0.1, -0.05) is 18.2 Å². The van der Waals surface area contributed by atoms with E-state index in [4.69, 9.17) is 0 Å². The Morgan fingerprint density at radius 1 is 1.22 bits per heavy atom. The van der Waals surface area contributed by atoms with Crippen molar-refractivity contribution in [1.29, 1.82) is 0 Å². The predicted octanol–water partition coefficient (Wildman–Crippen LogP) is 2.39. The molecule has 1 heterocycles. The summed E-state index contributed by atoms with van der Waals surface area (Å²) in [6.07, 6.45) is 0.953. The van der Waals surface area contributed by atoms with Crippen LogP contribution in [0.3, 0.4) is 0 Å². The summed E-state index contributed by atoms with van der Waals surface area (Å²) in [5.41, 5.74) is 1.66. The van der Waals surface area contributed by atoms with E-state index in [1.54, 1.807) is 31.4 Å². The molecule has 6 nitrogen and oxygen atoms in total. The fourth-order valence-corrected chi connectivity index (χ4v) is 4.72. The van der Waals surface area contributed by atoms with Crippen LogP contribution in [0.2, 0.25) is 0 Å². The molecule has 0 unspecified atom stereocenters. The Bertz CT molecular complexity index is 862. The fourth-order valence-electron chi connectivity index (χ4n) is 2.66. The Balaban J connectivity index is 1.82. The van der Waals surface area contributed by atoms with Crippen molar-refractivity contribution in [2.45, 2.75) is 25.2 Å². The van der Waals surface area contributed by atoms with Gasteiger partial charge in [0.2, 0.25) is 10.0 Å². The molecule has 27 heavy (non-hydrogen) atoms. The Labute approximate surface area is 166 Å². The minimum Gasteiger partial charge on any atom is -0.355 e. The molecular weight excluding hydrogens is 380 g/mol. The summed E-state index contributed by atoms with van der Waals surface area (Å²) in [5.74, 6) is 0.748. The van der Waals surface area contributed by atoms with Gasteiger partial charge in [-0.05, 0) is 48.9 Å². The van der Waals surface area contributed by atoms with Crippen molar-refractivity contribution in [3.63, 3.8) is 0 Å². The van der Waals surface area contributed by atoms with Gasteiger partial charge in [0, 0.05) is 38.6 Å². The number of sulfonamides is 1. The number of thiophene rings is 1. The summed E-state index contributed by atoms with van der Waals surface area (Å²) in [5, 5.41) is 5.28. The summed E-state index contributed by atoms with van der Waals surface area (Å²) in [6.45, 7) is 5.27. The molecule has 2 aromatic rings. The van der Waals surface area contributed by atoms with E-state index in [1.807, 2.05) is 31.0 Å². The van der Waals surface area contributed by atoms with Gasteiger partial charge in [-0.25, -0.2) is 13.1 Å². The smallest absolute Gasteiger partial charge is 0.240 e. The molecule has 0 radical (unpaired) electrons. The predicted molar refractivity (Wildman–Crippen MR) is 113 cm³/mol. The molecule has 8 heteroatoms. The van der Waals surface area contributed by atoms with Crippen LogP contribution < -0.4 is 10.0 Å². The lowest BCUT2D eigenvalue weighted by molar-refractivity contribution is 0.486. The average molecular weight is 409 g/mol. The summed E-state index contributed by atoms with van der Waals surface area (Å²) in [6, 6.07) is 9.60. The third kappa shape index (κ3) is 6.34. The third-order valence-corrected chi connectivity index (χ3v) is 6.72. The van der Waals surface area contributed by atoms with Crippen LogP contribution in [0.1, 0.15) is 16.0 Å². The van der Waals surface area contributed by atoms with Crippen LogP contribution in [0.5, 0.6) is 0 Å². The van der Waals surface area contributed by atoms with Crippen LogP contribution in [-0.2, 0) is 16.4 Å². The van der Waals surface area contributed by atoms with Crippen molar-refractivity contribution >= 4 is 27.3 Å². The molecule has 2 rings (SSSR count). The van der Waals surface area contributed by atoms with E-state index in [-0.39, 0.29) is 6.54 Å². The second-order valence-corrected chi connectivity index (χ2v) is 9.16. The summed E-state index contributed by atoms with van der Waals surface area (Å²) in [4.78, 5) is 7.97. The van der Waals surface area contributed by atoms with Crippen LogP contribution in [0.4, 0.5) is 0 Å². The largest absolute Gasteiger partial charge is 0.355 e. The quantitative estimate of drug-likeness (QED) is 0.400. The van der Waals surface area contributed by atoms with Gasteiger partial charge >= 0.3 is 0 Å². The standard InChI is InChI=1S/C19H28N4O2S2/c1-15-7-8-16(2)18(14-15)27(24,25)22-11-10-21-19(20-3)23(4)12-9-17-6-5-13-26-17/h5-8,13-14,22H,9-12H2,1-4H3,(H,20,21). The Morgan fingerprint density at radius 3 is 2.67 bits per heavy atom. The zero-order valence-electron chi connectivity index (χ0n) is 16.3. The number of nitrogens with zero attached hydrogens (tertiary/aromatic N) is 2. The molecule has 148 valence electrons. The van der Waals surface area contributed by atoms with E-state index >= 15 is 0 Å². The zero-order valence-corrected chi connectivity index (χ0v) is 18.0. The van der Waals surface area contributed by atoms with Crippen molar-refractivity contribution in [3.8, 4) is 0 Å². The molecule has 0 atom stereocenters. The molecule has 0 fully saturated rings. The van der Waals surface area contributed by atoms with Crippen LogP contribution >= 0.6 is 11.3 Å². The van der Waals surface area contributed by atoms with Gasteiger partial charge in [0.05, 0.1) is 4.90 Å². The minimum atomic E-state index is -3.52. The second kappa shape index (κ2) is 9.87. The van der Waals surface area contributed by atoms with Gasteiger partial charge in [0.25, 0.3) is 0 Å².